The van der Waals surface area contributed by atoms with Crippen LogP contribution in [0.4, 0.5) is 4.39 Å². The van der Waals surface area contributed by atoms with E-state index >= 15 is 0 Å². The van der Waals surface area contributed by atoms with Crippen molar-refractivity contribution in [1.82, 2.24) is 14.8 Å². The van der Waals surface area contributed by atoms with Crippen molar-refractivity contribution in [3.63, 3.8) is 0 Å². The molecule has 1 aliphatic heterocycles. The molecule has 2 amide bonds. The van der Waals surface area contributed by atoms with Gasteiger partial charge >= 0.3 is 0 Å². The Labute approximate surface area is 228 Å². The van der Waals surface area contributed by atoms with Crippen molar-refractivity contribution in [3.8, 4) is 0 Å². The number of nitrogens with zero attached hydrogens (tertiary/aromatic N) is 2. The number of nitrogens with one attached hydrogen (secondary N) is 1. The van der Waals surface area contributed by atoms with E-state index in [9.17, 15) is 14.0 Å². The zero-order chi connectivity index (χ0) is 27.0. The van der Waals surface area contributed by atoms with Gasteiger partial charge in [-0.1, -0.05) is 80.3 Å². The lowest BCUT2D eigenvalue weighted by molar-refractivity contribution is -0.136. The molecule has 1 fully saturated rings. The summed E-state index contributed by atoms with van der Waals surface area (Å²) in [4.78, 5) is 30.8. The van der Waals surface area contributed by atoms with Gasteiger partial charge < -0.3 is 14.8 Å². The molecule has 6 heteroatoms. The van der Waals surface area contributed by atoms with Crippen LogP contribution in [0.1, 0.15) is 65.7 Å². The molecule has 4 aromatic rings. The van der Waals surface area contributed by atoms with E-state index in [1.165, 1.54) is 25.0 Å². The molecule has 1 aliphatic carbocycles. The van der Waals surface area contributed by atoms with Crippen molar-refractivity contribution in [1.29, 1.82) is 0 Å². The quantitative estimate of drug-likeness (QED) is 0.305. The normalized spacial score (nSPS) is 20.1. The van der Waals surface area contributed by atoms with Gasteiger partial charge in [0.25, 0.3) is 11.8 Å². The number of fused-ring (bicyclic) bond motifs is 3. The standard InChI is InChI=1S/C33H34FN3O2/c1-23-13-16-25-20-30-31(38)37(21-24-14-17-27(34)18-15-24)33(22-36(30)29(25)19-23,26-9-5-4-6-10-26)32(39)35-28-11-7-2-3-8-12-28/h4-6,9-10,13-20,28H,2-3,7-8,11-12,21-22H2,1H3,(H,35,39)/t33-/m1/s1. The van der Waals surface area contributed by atoms with E-state index in [1.807, 2.05) is 60.0 Å². The molecule has 3 aromatic carbocycles. The minimum Gasteiger partial charge on any atom is -0.351 e. The maximum Gasteiger partial charge on any atom is 0.272 e. The summed E-state index contributed by atoms with van der Waals surface area (Å²) >= 11 is 0. The molecule has 1 atom stereocenters. The van der Waals surface area contributed by atoms with Crippen LogP contribution in [-0.4, -0.2) is 27.3 Å². The van der Waals surface area contributed by atoms with Crippen molar-refractivity contribution in [3.05, 3.63) is 107 Å². The lowest BCUT2D eigenvalue weighted by atomic mass is 9.83. The van der Waals surface area contributed by atoms with Crippen LogP contribution in [0.25, 0.3) is 10.9 Å². The summed E-state index contributed by atoms with van der Waals surface area (Å²) in [5.74, 6) is -0.699. The number of carbonyl (C=O) groups excluding carboxylic acids is 2. The molecule has 1 N–H and O–H groups in total. The summed E-state index contributed by atoms with van der Waals surface area (Å²) < 4.78 is 15.8. The average molecular weight is 524 g/mol. The lowest BCUT2D eigenvalue weighted by Gasteiger charge is -2.47. The third-order valence-corrected chi connectivity index (χ3v) is 8.44. The van der Waals surface area contributed by atoms with Crippen molar-refractivity contribution in [2.45, 2.75) is 70.1 Å². The van der Waals surface area contributed by atoms with Gasteiger partial charge in [-0.05, 0) is 60.7 Å². The fourth-order valence-corrected chi connectivity index (χ4v) is 6.33. The number of aryl methyl sites for hydroxylation is 1. The Morgan fingerprint density at radius 3 is 2.38 bits per heavy atom. The molecule has 2 heterocycles. The van der Waals surface area contributed by atoms with Crippen LogP contribution >= 0.6 is 0 Å². The minimum absolute atomic E-state index is 0.0772. The molecule has 1 aromatic heterocycles. The van der Waals surface area contributed by atoms with E-state index in [0.717, 1.165) is 53.3 Å². The van der Waals surface area contributed by atoms with E-state index in [1.54, 1.807) is 17.0 Å². The second-order valence-corrected chi connectivity index (χ2v) is 11.1. The highest BCUT2D eigenvalue weighted by Gasteiger charge is 2.52. The van der Waals surface area contributed by atoms with Crippen LogP contribution < -0.4 is 5.32 Å². The van der Waals surface area contributed by atoms with E-state index in [2.05, 4.69) is 11.4 Å². The molecule has 6 rings (SSSR count). The summed E-state index contributed by atoms with van der Waals surface area (Å²) in [7, 11) is 0. The number of halogens is 1. The minimum atomic E-state index is -1.28. The molecular formula is C33H34FN3O2. The Morgan fingerprint density at radius 1 is 0.949 bits per heavy atom. The topological polar surface area (TPSA) is 54.3 Å². The second kappa shape index (κ2) is 10.3. The molecule has 200 valence electrons. The molecule has 1 saturated carbocycles. The number of hydrogen-bond acceptors (Lipinski definition) is 2. The van der Waals surface area contributed by atoms with Crippen LogP contribution in [0.3, 0.4) is 0 Å². The highest BCUT2D eigenvalue weighted by molar-refractivity contribution is 6.04. The summed E-state index contributed by atoms with van der Waals surface area (Å²) in [6.07, 6.45) is 6.44. The van der Waals surface area contributed by atoms with Gasteiger partial charge in [0, 0.05) is 23.5 Å². The number of rotatable bonds is 5. The van der Waals surface area contributed by atoms with Gasteiger partial charge in [-0.25, -0.2) is 4.39 Å². The SMILES string of the molecule is Cc1ccc2cc3n(c2c1)C[C@](C(=O)NC1CCCCCC1)(c1ccccc1)N(Cc1ccc(F)cc1)C3=O. The van der Waals surface area contributed by atoms with Gasteiger partial charge in [0.15, 0.2) is 5.54 Å². The number of amides is 2. The Hall–Kier alpha value is -3.93. The van der Waals surface area contributed by atoms with Gasteiger partial charge in [0.05, 0.1) is 6.54 Å². The van der Waals surface area contributed by atoms with Crippen LogP contribution in [0.15, 0.2) is 78.9 Å². The van der Waals surface area contributed by atoms with E-state index in [-0.39, 0.29) is 30.2 Å². The highest BCUT2D eigenvalue weighted by atomic mass is 19.1. The molecule has 0 bridgehead atoms. The summed E-state index contributed by atoms with van der Waals surface area (Å²) in [5.41, 5.74) is 2.87. The van der Waals surface area contributed by atoms with Gasteiger partial charge in [-0.15, -0.1) is 0 Å². The number of benzene rings is 3. The van der Waals surface area contributed by atoms with Crippen molar-refractivity contribution < 1.29 is 14.0 Å². The predicted molar refractivity (Wildman–Crippen MR) is 151 cm³/mol. The van der Waals surface area contributed by atoms with Crippen LogP contribution in [0.5, 0.6) is 0 Å². The smallest absolute Gasteiger partial charge is 0.272 e. The molecule has 0 radical (unpaired) electrons. The van der Waals surface area contributed by atoms with E-state index in [4.69, 9.17) is 0 Å². The molecule has 0 spiro atoms. The Morgan fingerprint density at radius 2 is 1.67 bits per heavy atom. The number of carbonyl (C=O) groups is 2. The van der Waals surface area contributed by atoms with Gasteiger partial charge in [0.1, 0.15) is 11.5 Å². The highest BCUT2D eigenvalue weighted by Crippen LogP contribution is 2.40. The summed E-state index contributed by atoms with van der Waals surface area (Å²) in [6.45, 7) is 2.52. The number of aromatic nitrogens is 1. The average Bonchev–Trinajstić information content (AvgIpc) is 3.10. The molecular weight excluding hydrogens is 489 g/mol. The zero-order valence-electron chi connectivity index (χ0n) is 22.3. The molecule has 39 heavy (non-hydrogen) atoms. The third-order valence-electron chi connectivity index (χ3n) is 8.44. The Kier molecular flexibility index (Phi) is 6.71. The van der Waals surface area contributed by atoms with Crippen molar-refractivity contribution >= 4 is 22.7 Å². The summed E-state index contributed by atoms with van der Waals surface area (Å²) in [5, 5.41) is 4.36. The van der Waals surface area contributed by atoms with E-state index < -0.39 is 5.54 Å². The first-order valence-electron chi connectivity index (χ1n) is 14.0. The van der Waals surface area contributed by atoms with Crippen LogP contribution in [0, 0.1) is 12.7 Å². The zero-order valence-corrected chi connectivity index (χ0v) is 22.3. The fraction of sp³-hybridized carbons (Fsp3) is 0.333. The largest absolute Gasteiger partial charge is 0.351 e. The Bertz CT molecular complexity index is 1500. The van der Waals surface area contributed by atoms with Crippen molar-refractivity contribution in [2.24, 2.45) is 0 Å². The van der Waals surface area contributed by atoms with Crippen LogP contribution in [0.2, 0.25) is 0 Å². The number of hydrogen-bond donors (Lipinski definition) is 1. The fourth-order valence-electron chi connectivity index (χ4n) is 6.33. The Balaban J connectivity index is 1.53. The first-order valence-corrected chi connectivity index (χ1v) is 14.0. The van der Waals surface area contributed by atoms with Crippen molar-refractivity contribution in [2.75, 3.05) is 0 Å². The van der Waals surface area contributed by atoms with E-state index in [0.29, 0.717) is 12.2 Å². The maximum absolute atomic E-state index is 14.7. The molecule has 0 unspecified atom stereocenters. The van der Waals surface area contributed by atoms with Gasteiger partial charge in [-0.2, -0.15) is 0 Å². The second-order valence-electron chi connectivity index (χ2n) is 11.1. The van der Waals surface area contributed by atoms with Gasteiger partial charge in [-0.3, -0.25) is 9.59 Å². The first kappa shape index (κ1) is 25.4. The molecule has 2 aliphatic rings. The maximum atomic E-state index is 14.7. The monoisotopic (exact) mass is 523 g/mol. The third kappa shape index (κ3) is 4.62. The first-order chi connectivity index (χ1) is 19.0. The predicted octanol–water partition coefficient (Wildman–Crippen LogP) is 6.48. The lowest BCUT2D eigenvalue weighted by Crippen LogP contribution is -2.63. The molecule has 5 nitrogen and oxygen atoms in total. The van der Waals surface area contributed by atoms with Gasteiger partial charge in [0.2, 0.25) is 0 Å². The molecule has 0 saturated heterocycles. The summed E-state index contributed by atoms with van der Waals surface area (Å²) in [6, 6.07) is 24.0. The van der Waals surface area contributed by atoms with Crippen LogP contribution in [-0.2, 0) is 23.4 Å².